The van der Waals surface area contributed by atoms with Gasteiger partial charge in [0.2, 0.25) is 0 Å². The summed E-state index contributed by atoms with van der Waals surface area (Å²) in [6.07, 6.45) is 3.90. The highest BCUT2D eigenvalue weighted by atomic mass is 32.1. The Kier molecular flexibility index (Phi) is 4.93. The van der Waals surface area contributed by atoms with Crippen LogP contribution < -0.4 is 0 Å². The third-order valence-electron chi connectivity index (χ3n) is 0.467. The lowest BCUT2D eigenvalue weighted by Crippen LogP contribution is -1.55. The standard InChI is InChI=1S/C5H8S/c1-2-3-4-5-6/h4-5H,1-3H2. The zero-order chi connectivity index (χ0) is 4.83. The fourth-order valence-electron chi connectivity index (χ4n) is 0.186. The van der Waals surface area contributed by atoms with Crippen LogP contribution in [0, 0.1) is 6.92 Å². The molecule has 0 nitrogen and oxygen atoms in total. The van der Waals surface area contributed by atoms with E-state index in [9.17, 15) is 0 Å². The number of hydrogen-bond acceptors (Lipinski definition) is 0. The molecule has 0 fully saturated rings. The van der Waals surface area contributed by atoms with Crippen LogP contribution in [-0.2, 0) is 0 Å². The van der Waals surface area contributed by atoms with Gasteiger partial charge in [0.25, 0.3) is 0 Å². The molecule has 6 heavy (non-hydrogen) atoms. The third-order valence-corrected chi connectivity index (χ3v) is 0.659. The topological polar surface area (TPSA) is 0 Å². The van der Waals surface area contributed by atoms with Crippen LogP contribution in [-0.4, -0.2) is 0 Å². The van der Waals surface area contributed by atoms with Crippen LogP contribution >= 0.6 is 12.6 Å². The fourth-order valence-corrected chi connectivity index (χ4v) is 0.322. The van der Waals surface area contributed by atoms with E-state index in [-0.39, 0.29) is 0 Å². The van der Waals surface area contributed by atoms with Gasteiger partial charge in [0.1, 0.15) is 0 Å². The zero-order valence-electron chi connectivity index (χ0n) is 3.68. The summed E-state index contributed by atoms with van der Waals surface area (Å²) in [5.74, 6) is 0. The van der Waals surface area contributed by atoms with Crippen LogP contribution in [0.1, 0.15) is 12.8 Å². The lowest BCUT2D eigenvalue weighted by molar-refractivity contribution is 1.05. The van der Waals surface area contributed by atoms with Crippen LogP contribution in [0.2, 0.25) is 0 Å². The van der Waals surface area contributed by atoms with Crippen molar-refractivity contribution in [3.63, 3.8) is 0 Å². The van der Waals surface area contributed by atoms with Crippen molar-refractivity contribution in [2.24, 2.45) is 0 Å². The molecule has 0 aliphatic rings. The summed E-state index contributed by atoms with van der Waals surface area (Å²) in [5, 5.41) is 1.63. The molecule has 0 spiro atoms. The Bertz CT molecular complexity index is 39.2. The van der Waals surface area contributed by atoms with E-state index < -0.39 is 0 Å². The lowest BCUT2D eigenvalue weighted by atomic mass is 10.3. The highest BCUT2D eigenvalue weighted by Gasteiger charge is 1.66. The summed E-state index contributed by atoms with van der Waals surface area (Å²) in [6, 6.07) is 0. The first-order valence-electron chi connectivity index (χ1n) is 1.98. The summed E-state index contributed by atoms with van der Waals surface area (Å²) in [5.41, 5.74) is 0. The third kappa shape index (κ3) is 3.96. The Balaban J connectivity index is 2.66. The average molecular weight is 100 g/mol. The van der Waals surface area contributed by atoms with Crippen LogP contribution in [0.5, 0.6) is 0 Å². The molecule has 0 aromatic carbocycles. The van der Waals surface area contributed by atoms with E-state index in [1.54, 1.807) is 5.41 Å². The van der Waals surface area contributed by atoms with E-state index in [2.05, 4.69) is 19.6 Å². The van der Waals surface area contributed by atoms with Gasteiger partial charge in [-0.15, -0.1) is 0 Å². The molecule has 1 heteroatoms. The van der Waals surface area contributed by atoms with Crippen molar-refractivity contribution >= 4 is 12.6 Å². The van der Waals surface area contributed by atoms with E-state index in [0.29, 0.717) is 0 Å². The Morgan fingerprint density at radius 3 is 2.50 bits per heavy atom. The molecule has 0 heterocycles. The van der Waals surface area contributed by atoms with Gasteiger partial charge in [-0.05, 0) is 18.2 Å². The number of rotatable bonds is 2. The number of hydrogen-bond donors (Lipinski definition) is 0. The molecule has 0 bridgehead atoms. The normalized spacial score (nSPS) is 10.2. The first-order chi connectivity index (χ1) is 2.91. The second-order valence-corrected chi connectivity index (χ2v) is 1.29. The Labute approximate surface area is 44.7 Å². The van der Waals surface area contributed by atoms with Crippen molar-refractivity contribution < 1.29 is 0 Å². The summed E-state index contributed by atoms with van der Waals surface area (Å²) in [4.78, 5) is 0. The van der Waals surface area contributed by atoms with Crippen LogP contribution in [0.4, 0.5) is 0 Å². The second-order valence-electron chi connectivity index (χ2n) is 1.01. The molecule has 0 aromatic heterocycles. The van der Waals surface area contributed by atoms with Crippen molar-refractivity contribution in [1.82, 2.24) is 0 Å². The smallest absolute Gasteiger partial charge is 0.00265 e. The van der Waals surface area contributed by atoms with Crippen LogP contribution in [0.15, 0.2) is 11.5 Å². The minimum absolute atomic E-state index is 0.952. The Morgan fingerprint density at radius 1 is 1.67 bits per heavy atom. The molecule has 0 atom stereocenters. The maximum atomic E-state index is 4.51. The SMILES string of the molecule is [CH2]CCC=C[S]. The van der Waals surface area contributed by atoms with Crippen molar-refractivity contribution in [3.8, 4) is 0 Å². The van der Waals surface area contributed by atoms with Crippen LogP contribution in [0.25, 0.3) is 0 Å². The Hall–Kier alpha value is -0.0400. The molecule has 2 radical (unpaired) electrons. The predicted molar refractivity (Wildman–Crippen MR) is 31.3 cm³/mol. The van der Waals surface area contributed by atoms with Gasteiger partial charge in [-0.1, -0.05) is 25.6 Å². The van der Waals surface area contributed by atoms with E-state index in [4.69, 9.17) is 0 Å². The molecule has 0 rings (SSSR count). The van der Waals surface area contributed by atoms with Crippen molar-refractivity contribution in [3.05, 3.63) is 18.4 Å². The molecular formula is C5H8S. The summed E-state index contributed by atoms with van der Waals surface area (Å²) in [6.45, 7) is 3.63. The minimum atomic E-state index is 0.952. The molecule has 0 N–H and O–H groups in total. The Morgan fingerprint density at radius 2 is 2.33 bits per heavy atom. The lowest BCUT2D eigenvalue weighted by Gasteiger charge is -1.75. The predicted octanol–water partition coefficient (Wildman–Crippen LogP) is 2.31. The van der Waals surface area contributed by atoms with Gasteiger partial charge in [-0.2, -0.15) is 0 Å². The maximum absolute atomic E-state index is 4.51. The van der Waals surface area contributed by atoms with Gasteiger partial charge in [0.15, 0.2) is 0 Å². The highest BCUT2D eigenvalue weighted by molar-refractivity contribution is 7.83. The summed E-state index contributed by atoms with van der Waals surface area (Å²) >= 11 is 4.51. The molecule has 0 aliphatic heterocycles. The molecule has 0 aliphatic carbocycles. The van der Waals surface area contributed by atoms with Gasteiger partial charge in [0, 0.05) is 0 Å². The van der Waals surface area contributed by atoms with Crippen molar-refractivity contribution in [2.45, 2.75) is 12.8 Å². The van der Waals surface area contributed by atoms with Crippen molar-refractivity contribution in [1.29, 1.82) is 0 Å². The van der Waals surface area contributed by atoms with E-state index in [1.807, 2.05) is 6.08 Å². The van der Waals surface area contributed by atoms with Gasteiger partial charge in [0.05, 0.1) is 0 Å². The van der Waals surface area contributed by atoms with Crippen LogP contribution in [0.3, 0.4) is 0 Å². The first kappa shape index (κ1) is 5.96. The number of unbranched alkanes of at least 4 members (excludes halogenated alkanes) is 1. The minimum Gasteiger partial charge on any atom is -0.0891 e. The summed E-state index contributed by atoms with van der Waals surface area (Å²) in [7, 11) is 0. The molecule has 0 amide bonds. The number of allylic oxidation sites excluding steroid dienone is 1. The van der Waals surface area contributed by atoms with Crippen molar-refractivity contribution in [2.75, 3.05) is 0 Å². The van der Waals surface area contributed by atoms with Gasteiger partial charge >= 0.3 is 0 Å². The van der Waals surface area contributed by atoms with E-state index >= 15 is 0 Å². The highest BCUT2D eigenvalue weighted by Crippen LogP contribution is 1.87. The van der Waals surface area contributed by atoms with E-state index in [1.165, 1.54) is 0 Å². The van der Waals surface area contributed by atoms with Gasteiger partial charge in [-0.25, -0.2) is 0 Å². The molecular weight excluding hydrogens is 92.1 g/mol. The second kappa shape index (κ2) is 4.96. The fraction of sp³-hybridized carbons (Fsp3) is 0.400. The quantitative estimate of drug-likeness (QED) is 0.499. The van der Waals surface area contributed by atoms with E-state index in [0.717, 1.165) is 12.8 Å². The average Bonchev–Trinajstić information content (AvgIpc) is 1.61. The summed E-state index contributed by atoms with van der Waals surface area (Å²) < 4.78 is 0. The molecule has 0 saturated heterocycles. The van der Waals surface area contributed by atoms with Gasteiger partial charge in [-0.3, -0.25) is 0 Å². The molecule has 0 unspecified atom stereocenters. The monoisotopic (exact) mass is 100 g/mol. The van der Waals surface area contributed by atoms with Gasteiger partial charge < -0.3 is 0 Å². The molecule has 34 valence electrons. The largest absolute Gasteiger partial charge is 0.0891 e. The molecule has 0 aromatic rings. The zero-order valence-corrected chi connectivity index (χ0v) is 4.50. The molecule has 0 saturated carbocycles. The maximum Gasteiger partial charge on any atom is -0.00265 e. The first-order valence-corrected chi connectivity index (χ1v) is 2.45.